The fourth-order valence-electron chi connectivity index (χ4n) is 3.83. The van der Waals surface area contributed by atoms with Crippen molar-refractivity contribution < 1.29 is 13.9 Å². The van der Waals surface area contributed by atoms with Crippen LogP contribution in [0.25, 0.3) is 0 Å². The van der Waals surface area contributed by atoms with Gasteiger partial charge < -0.3 is 10.0 Å². The van der Waals surface area contributed by atoms with Crippen LogP contribution in [0.3, 0.4) is 0 Å². The van der Waals surface area contributed by atoms with E-state index in [2.05, 4.69) is 11.0 Å². The summed E-state index contributed by atoms with van der Waals surface area (Å²) in [6, 6.07) is 13.9. The summed E-state index contributed by atoms with van der Waals surface area (Å²) >= 11 is 0. The molecule has 0 bridgehead atoms. The molecule has 1 fully saturated rings. The lowest BCUT2D eigenvalue weighted by Gasteiger charge is -2.42. The summed E-state index contributed by atoms with van der Waals surface area (Å²) in [4.78, 5) is 2.22. The molecule has 3 nitrogen and oxygen atoms in total. The number of aliphatic hydroxyl groups is 1. The van der Waals surface area contributed by atoms with Crippen molar-refractivity contribution in [3.05, 3.63) is 71.3 Å². The third-order valence-electron chi connectivity index (χ3n) is 5.29. The molecule has 0 aliphatic carbocycles. The molecule has 1 N–H and O–H groups in total. The highest BCUT2D eigenvalue weighted by atomic mass is 19.1. The fourth-order valence-corrected chi connectivity index (χ4v) is 3.83. The number of nitrogens with zero attached hydrogens (tertiary/aromatic N) is 2. The summed E-state index contributed by atoms with van der Waals surface area (Å²) in [5, 5.41) is 20.4. The largest absolute Gasteiger partial charge is 0.380 e. The SMILES string of the molecule is N#CCCN1CCC(C(O)(c2ccc(F)cc2)c2ccc(F)cc2)CC1. The van der Waals surface area contributed by atoms with Crippen LogP contribution in [0.4, 0.5) is 8.78 Å². The standard InChI is InChI=1S/C21H22F2N2O/c22-19-6-2-16(3-7-19)21(26,17-4-8-20(23)9-5-17)18-10-14-25(15-11-18)13-1-12-24/h2-9,18,26H,1,10-11,13-15H2. The predicted molar refractivity (Wildman–Crippen MR) is 95.2 cm³/mol. The summed E-state index contributed by atoms with van der Waals surface area (Å²) in [6.45, 7) is 2.31. The van der Waals surface area contributed by atoms with E-state index in [-0.39, 0.29) is 17.6 Å². The Labute approximate surface area is 152 Å². The van der Waals surface area contributed by atoms with Crippen LogP contribution in [0, 0.1) is 28.9 Å². The van der Waals surface area contributed by atoms with Crippen LogP contribution in [-0.2, 0) is 5.60 Å². The van der Waals surface area contributed by atoms with Gasteiger partial charge in [-0.1, -0.05) is 24.3 Å². The zero-order valence-electron chi connectivity index (χ0n) is 14.5. The van der Waals surface area contributed by atoms with Crippen LogP contribution in [0.15, 0.2) is 48.5 Å². The van der Waals surface area contributed by atoms with Crippen LogP contribution < -0.4 is 0 Å². The summed E-state index contributed by atoms with van der Waals surface area (Å²) in [5.41, 5.74) is -0.0788. The van der Waals surface area contributed by atoms with E-state index in [0.717, 1.165) is 32.5 Å². The second kappa shape index (κ2) is 7.94. The highest BCUT2D eigenvalue weighted by Crippen LogP contribution is 2.42. The van der Waals surface area contributed by atoms with Crippen molar-refractivity contribution in [3.8, 4) is 6.07 Å². The van der Waals surface area contributed by atoms with Crippen LogP contribution in [0.2, 0.25) is 0 Å². The summed E-state index contributed by atoms with van der Waals surface area (Å²) in [5.74, 6) is -0.792. The Hall–Kier alpha value is -2.29. The zero-order valence-corrected chi connectivity index (χ0v) is 14.5. The number of nitriles is 1. The van der Waals surface area contributed by atoms with Crippen molar-refractivity contribution in [2.24, 2.45) is 5.92 Å². The van der Waals surface area contributed by atoms with E-state index in [4.69, 9.17) is 5.26 Å². The number of hydrogen-bond donors (Lipinski definition) is 1. The molecular weight excluding hydrogens is 334 g/mol. The summed E-state index contributed by atoms with van der Waals surface area (Å²) in [7, 11) is 0. The minimum Gasteiger partial charge on any atom is -0.380 e. The number of hydrogen-bond acceptors (Lipinski definition) is 3. The lowest BCUT2D eigenvalue weighted by atomic mass is 9.72. The normalized spacial score (nSPS) is 16.4. The molecule has 0 amide bonds. The van der Waals surface area contributed by atoms with Gasteiger partial charge in [-0.3, -0.25) is 0 Å². The molecule has 0 atom stereocenters. The minimum atomic E-state index is -1.30. The average molecular weight is 356 g/mol. The lowest BCUT2D eigenvalue weighted by Crippen LogP contribution is -2.44. The van der Waals surface area contributed by atoms with Gasteiger partial charge >= 0.3 is 0 Å². The van der Waals surface area contributed by atoms with Crippen molar-refractivity contribution in [1.29, 1.82) is 5.26 Å². The zero-order chi connectivity index (χ0) is 18.6. The topological polar surface area (TPSA) is 47.3 Å². The molecule has 26 heavy (non-hydrogen) atoms. The number of likely N-dealkylation sites (tertiary alicyclic amines) is 1. The molecule has 2 aromatic carbocycles. The quantitative estimate of drug-likeness (QED) is 0.886. The van der Waals surface area contributed by atoms with E-state index in [0.29, 0.717) is 17.5 Å². The van der Waals surface area contributed by atoms with E-state index in [9.17, 15) is 13.9 Å². The molecular formula is C21H22F2N2O. The molecule has 2 aromatic rings. The minimum absolute atomic E-state index is 0.0724. The Morgan fingerprint density at radius 3 is 1.85 bits per heavy atom. The molecule has 1 aliphatic heterocycles. The number of halogens is 2. The van der Waals surface area contributed by atoms with E-state index < -0.39 is 5.60 Å². The molecule has 5 heteroatoms. The van der Waals surface area contributed by atoms with E-state index in [1.165, 1.54) is 24.3 Å². The smallest absolute Gasteiger partial charge is 0.123 e. The van der Waals surface area contributed by atoms with Crippen LogP contribution in [-0.4, -0.2) is 29.6 Å². The van der Waals surface area contributed by atoms with Gasteiger partial charge in [-0.15, -0.1) is 0 Å². The first-order chi connectivity index (χ1) is 12.5. The van der Waals surface area contributed by atoms with Crippen LogP contribution in [0.5, 0.6) is 0 Å². The van der Waals surface area contributed by atoms with E-state index >= 15 is 0 Å². The molecule has 1 aliphatic rings. The van der Waals surface area contributed by atoms with E-state index in [1.807, 2.05) is 0 Å². The second-order valence-electron chi connectivity index (χ2n) is 6.80. The fraction of sp³-hybridized carbons (Fsp3) is 0.381. The van der Waals surface area contributed by atoms with Crippen molar-refractivity contribution >= 4 is 0 Å². The molecule has 0 unspecified atom stereocenters. The van der Waals surface area contributed by atoms with Gasteiger partial charge in [0.25, 0.3) is 0 Å². The Balaban J connectivity index is 1.90. The molecule has 1 heterocycles. The first-order valence-corrected chi connectivity index (χ1v) is 8.88. The van der Waals surface area contributed by atoms with Gasteiger partial charge in [0.1, 0.15) is 17.2 Å². The number of piperidine rings is 1. The Kier molecular flexibility index (Phi) is 5.65. The molecule has 0 radical (unpaired) electrons. The maximum Gasteiger partial charge on any atom is 0.123 e. The van der Waals surface area contributed by atoms with Crippen molar-refractivity contribution in [2.75, 3.05) is 19.6 Å². The Morgan fingerprint density at radius 1 is 0.962 bits per heavy atom. The molecule has 1 saturated heterocycles. The van der Waals surface area contributed by atoms with Crippen LogP contribution >= 0.6 is 0 Å². The molecule has 0 aromatic heterocycles. The second-order valence-corrected chi connectivity index (χ2v) is 6.80. The summed E-state index contributed by atoms with van der Waals surface area (Å²) in [6.07, 6.45) is 1.98. The molecule has 3 rings (SSSR count). The third kappa shape index (κ3) is 3.77. The monoisotopic (exact) mass is 356 g/mol. The molecule has 0 spiro atoms. The van der Waals surface area contributed by atoms with Gasteiger partial charge in [-0.25, -0.2) is 8.78 Å². The third-order valence-corrected chi connectivity index (χ3v) is 5.29. The first-order valence-electron chi connectivity index (χ1n) is 8.88. The first kappa shape index (κ1) is 18.5. The Bertz CT molecular complexity index is 715. The van der Waals surface area contributed by atoms with E-state index in [1.54, 1.807) is 24.3 Å². The van der Waals surface area contributed by atoms with Gasteiger partial charge in [0.05, 0.1) is 6.07 Å². The van der Waals surface area contributed by atoms with Gasteiger partial charge in [0.2, 0.25) is 0 Å². The molecule has 0 saturated carbocycles. The van der Waals surface area contributed by atoms with Gasteiger partial charge in [-0.05, 0) is 67.2 Å². The highest BCUT2D eigenvalue weighted by Gasteiger charge is 2.41. The van der Waals surface area contributed by atoms with Crippen molar-refractivity contribution in [1.82, 2.24) is 4.90 Å². The lowest BCUT2D eigenvalue weighted by molar-refractivity contribution is -0.0139. The number of rotatable bonds is 5. The maximum atomic E-state index is 13.4. The predicted octanol–water partition coefficient (Wildman–Crippen LogP) is 3.83. The Morgan fingerprint density at radius 2 is 1.42 bits per heavy atom. The maximum absolute atomic E-state index is 13.4. The summed E-state index contributed by atoms with van der Waals surface area (Å²) < 4.78 is 26.8. The average Bonchev–Trinajstić information content (AvgIpc) is 2.67. The highest BCUT2D eigenvalue weighted by molar-refractivity contribution is 5.37. The van der Waals surface area contributed by atoms with Crippen molar-refractivity contribution in [2.45, 2.75) is 24.9 Å². The molecule has 136 valence electrons. The van der Waals surface area contributed by atoms with Crippen LogP contribution in [0.1, 0.15) is 30.4 Å². The number of benzene rings is 2. The van der Waals surface area contributed by atoms with Crippen molar-refractivity contribution in [3.63, 3.8) is 0 Å². The van der Waals surface area contributed by atoms with Gasteiger partial charge in [0, 0.05) is 13.0 Å². The van der Waals surface area contributed by atoms with Gasteiger partial charge in [0.15, 0.2) is 0 Å². The van der Waals surface area contributed by atoms with Gasteiger partial charge in [-0.2, -0.15) is 5.26 Å².